The predicted molar refractivity (Wildman–Crippen MR) is 115 cm³/mol. The molecule has 1 aliphatic heterocycles. The van der Waals surface area contributed by atoms with Gasteiger partial charge in [-0.05, 0) is 26.8 Å². The Morgan fingerprint density at radius 1 is 1.14 bits per heavy atom. The van der Waals surface area contributed by atoms with Crippen molar-refractivity contribution in [1.29, 1.82) is 0 Å². The highest BCUT2D eigenvalue weighted by Gasteiger charge is 2.18. The van der Waals surface area contributed by atoms with Crippen LogP contribution in [-0.4, -0.2) is 71.6 Å². The van der Waals surface area contributed by atoms with E-state index in [1.807, 2.05) is 13.0 Å². The standard InChI is InChI=1S/C19H30N8S/c1-4-20-18(24-14-17-15(2)25-16(3)28-17)21-8-9-26-10-12-27(13-11-26)19-22-6-5-7-23-19/h5-7H,4,8-14H2,1-3H3,(H2,20,21,24). The van der Waals surface area contributed by atoms with Gasteiger partial charge >= 0.3 is 0 Å². The first-order valence-electron chi connectivity index (χ1n) is 9.85. The lowest BCUT2D eigenvalue weighted by Gasteiger charge is -2.34. The summed E-state index contributed by atoms with van der Waals surface area (Å²) in [6.45, 7) is 13.5. The molecule has 2 aromatic heterocycles. The van der Waals surface area contributed by atoms with Gasteiger partial charge in [0.1, 0.15) is 0 Å². The third-order valence-corrected chi connectivity index (χ3v) is 5.71. The van der Waals surface area contributed by atoms with Gasteiger partial charge in [0.15, 0.2) is 5.96 Å². The zero-order valence-electron chi connectivity index (χ0n) is 17.0. The van der Waals surface area contributed by atoms with Gasteiger partial charge in [0.2, 0.25) is 5.95 Å². The van der Waals surface area contributed by atoms with Crippen LogP contribution in [0.2, 0.25) is 0 Å². The van der Waals surface area contributed by atoms with E-state index in [-0.39, 0.29) is 0 Å². The molecule has 0 aromatic carbocycles. The first-order chi connectivity index (χ1) is 13.7. The van der Waals surface area contributed by atoms with E-state index in [0.717, 1.165) is 68.4 Å². The molecular formula is C19H30N8S. The van der Waals surface area contributed by atoms with Crippen molar-refractivity contribution in [2.45, 2.75) is 27.3 Å². The molecule has 1 fully saturated rings. The summed E-state index contributed by atoms with van der Waals surface area (Å²) in [6.07, 6.45) is 3.60. The lowest BCUT2D eigenvalue weighted by Crippen LogP contribution is -2.49. The van der Waals surface area contributed by atoms with Gasteiger partial charge in [-0.2, -0.15) is 0 Å². The van der Waals surface area contributed by atoms with E-state index in [4.69, 9.17) is 4.99 Å². The zero-order valence-corrected chi connectivity index (χ0v) is 17.8. The number of hydrogen-bond donors (Lipinski definition) is 2. The van der Waals surface area contributed by atoms with Crippen molar-refractivity contribution in [2.75, 3.05) is 50.7 Å². The first-order valence-corrected chi connectivity index (χ1v) is 10.7. The SMILES string of the molecule is CCNC(=NCc1sc(C)nc1C)NCCN1CCN(c2ncccn2)CC1. The van der Waals surface area contributed by atoms with Crippen LogP contribution in [0.5, 0.6) is 0 Å². The second-order valence-electron chi connectivity index (χ2n) is 6.74. The molecule has 0 amide bonds. The molecule has 1 aliphatic rings. The highest BCUT2D eigenvalue weighted by Crippen LogP contribution is 2.17. The number of guanidine groups is 1. The van der Waals surface area contributed by atoms with Crippen LogP contribution in [0.3, 0.4) is 0 Å². The van der Waals surface area contributed by atoms with Crippen molar-refractivity contribution in [1.82, 2.24) is 30.5 Å². The molecule has 9 heteroatoms. The van der Waals surface area contributed by atoms with Crippen molar-refractivity contribution in [2.24, 2.45) is 4.99 Å². The summed E-state index contributed by atoms with van der Waals surface area (Å²) in [5.41, 5.74) is 1.09. The van der Waals surface area contributed by atoms with Gasteiger partial charge in [0.25, 0.3) is 0 Å². The molecule has 0 spiro atoms. The molecule has 2 N–H and O–H groups in total. The summed E-state index contributed by atoms with van der Waals surface area (Å²) in [5, 5.41) is 7.87. The fourth-order valence-corrected chi connectivity index (χ4v) is 4.03. The number of nitrogens with one attached hydrogen (secondary N) is 2. The van der Waals surface area contributed by atoms with Crippen molar-refractivity contribution in [3.05, 3.63) is 34.0 Å². The summed E-state index contributed by atoms with van der Waals surface area (Å²) in [7, 11) is 0. The van der Waals surface area contributed by atoms with Gasteiger partial charge in [-0.1, -0.05) is 0 Å². The van der Waals surface area contributed by atoms with Crippen molar-refractivity contribution >= 4 is 23.2 Å². The lowest BCUT2D eigenvalue weighted by molar-refractivity contribution is 0.260. The van der Waals surface area contributed by atoms with Crippen LogP contribution in [0, 0.1) is 13.8 Å². The van der Waals surface area contributed by atoms with Crippen molar-refractivity contribution < 1.29 is 0 Å². The van der Waals surface area contributed by atoms with Gasteiger partial charge in [-0.3, -0.25) is 4.90 Å². The third kappa shape index (κ3) is 5.87. The number of nitrogens with zero attached hydrogens (tertiary/aromatic N) is 6. The van der Waals surface area contributed by atoms with Gasteiger partial charge < -0.3 is 15.5 Å². The number of anilines is 1. The first kappa shape index (κ1) is 20.5. The molecular weight excluding hydrogens is 372 g/mol. The van der Waals surface area contributed by atoms with E-state index >= 15 is 0 Å². The normalized spacial score (nSPS) is 15.7. The molecule has 3 rings (SSSR count). The molecule has 8 nitrogen and oxygen atoms in total. The number of aryl methyl sites for hydroxylation is 2. The van der Waals surface area contributed by atoms with Crippen LogP contribution in [0.4, 0.5) is 5.95 Å². The average Bonchev–Trinajstić information content (AvgIpc) is 3.04. The van der Waals surface area contributed by atoms with Gasteiger partial charge in [0.05, 0.1) is 17.2 Å². The Labute approximate surface area is 171 Å². The minimum atomic E-state index is 0.669. The largest absolute Gasteiger partial charge is 0.357 e. The molecule has 1 saturated heterocycles. The maximum absolute atomic E-state index is 4.71. The van der Waals surface area contributed by atoms with Gasteiger partial charge in [0, 0.05) is 63.1 Å². The molecule has 0 atom stereocenters. The second kappa shape index (κ2) is 10.3. The van der Waals surface area contributed by atoms with Crippen LogP contribution >= 0.6 is 11.3 Å². The van der Waals surface area contributed by atoms with Crippen LogP contribution in [-0.2, 0) is 6.54 Å². The van der Waals surface area contributed by atoms with E-state index in [0.29, 0.717) is 6.54 Å². The minimum absolute atomic E-state index is 0.669. The maximum Gasteiger partial charge on any atom is 0.225 e. The summed E-state index contributed by atoms with van der Waals surface area (Å²) in [5.74, 6) is 1.69. The Balaban J connectivity index is 1.42. The van der Waals surface area contributed by atoms with Crippen molar-refractivity contribution in [3.8, 4) is 0 Å². The monoisotopic (exact) mass is 402 g/mol. The molecule has 0 radical (unpaired) electrons. The van der Waals surface area contributed by atoms with E-state index in [1.165, 1.54) is 4.88 Å². The Bertz CT molecular complexity index is 753. The Morgan fingerprint density at radius 2 is 1.89 bits per heavy atom. The second-order valence-corrected chi connectivity index (χ2v) is 8.03. The molecule has 0 saturated carbocycles. The number of aromatic nitrogens is 3. The quantitative estimate of drug-likeness (QED) is 0.535. The van der Waals surface area contributed by atoms with Crippen LogP contribution < -0.4 is 15.5 Å². The van der Waals surface area contributed by atoms with Crippen LogP contribution in [0.1, 0.15) is 22.5 Å². The molecule has 0 bridgehead atoms. The van der Waals surface area contributed by atoms with E-state index in [1.54, 1.807) is 23.7 Å². The molecule has 28 heavy (non-hydrogen) atoms. The number of rotatable bonds is 7. The number of piperazine rings is 1. The average molecular weight is 403 g/mol. The molecule has 152 valence electrons. The molecule has 0 unspecified atom stereocenters. The summed E-state index contributed by atoms with van der Waals surface area (Å²) >= 11 is 1.72. The number of aliphatic imine (C=N–C) groups is 1. The van der Waals surface area contributed by atoms with Crippen LogP contribution in [0.25, 0.3) is 0 Å². The Kier molecular flexibility index (Phi) is 7.55. The highest BCUT2D eigenvalue weighted by atomic mass is 32.1. The number of thiazole rings is 1. The molecule has 0 aliphatic carbocycles. The highest BCUT2D eigenvalue weighted by molar-refractivity contribution is 7.11. The van der Waals surface area contributed by atoms with E-state index in [2.05, 4.69) is 49.2 Å². The maximum atomic E-state index is 4.71. The molecule has 3 heterocycles. The Morgan fingerprint density at radius 3 is 2.54 bits per heavy atom. The van der Waals surface area contributed by atoms with Crippen molar-refractivity contribution in [3.63, 3.8) is 0 Å². The fourth-order valence-electron chi connectivity index (χ4n) is 3.17. The topological polar surface area (TPSA) is 81.6 Å². The van der Waals surface area contributed by atoms with Crippen LogP contribution in [0.15, 0.2) is 23.5 Å². The predicted octanol–water partition coefficient (Wildman–Crippen LogP) is 1.43. The van der Waals surface area contributed by atoms with Gasteiger partial charge in [-0.15, -0.1) is 11.3 Å². The lowest BCUT2D eigenvalue weighted by atomic mass is 10.3. The smallest absolute Gasteiger partial charge is 0.225 e. The summed E-state index contributed by atoms with van der Waals surface area (Å²) in [4.78, 5) is 23.8. The number of hydrogen-bond acceptors (Lipinski definition) is 7. The third-order valence-electron chi connectivity index (χ3n) is 4.65. The fraction of sp³-hybridized carbons (Fsp3) is 0.579. The zero-order chi connectivity index (χ0) is 19.8. The van der Waals surface area contributed by atoms with E-state index in [9.17, 15) is 0 Å². The van der Waals surface area contributed by atoms with E-state index < -0.39 is 0 Å². The van der Waals surface area contributed by atoms with Gasteiger partial charge in [-0.25, -0.2) is 19.9 Å². The Hall–Kier alpha value is -2.26. The summed E-state index contributed by atoms with van der Waals surface area (Å²) in [6, 6.07) is 1.85. The minimum Gasteiger partial charge on any atom is -0.357 e. The molecule has 2 aromatic rings. The summed E-state index contributed by atoms with van der Waals surface area (Å²) < 4.78 is 0.